The van der Waals surface area contributed by atoms with Crippen molar-refractivity contribution in [1.82, 2.24) is 4.90 Å². The molecule has 19 heavy (non-hydrogen) atoms. The van der Waals surface area contributed by atoms with Crippen LogP contribution in [0.1, 0.15) is 23.7 Å². The van der Waals surface area contributed by atoms with Gasteiger partial charge in [0.2, 0.25) is 0 Å². The molecule has 2 unspecified atom stereocenters. The van der Waals surface area contributed by atoms with Crippen molar-refractivity contribution in [3.8, 4) is 0 Å². The summed E-state index contributed by atoms with van der Waals surface area (Å²) in [6.45, 7) is 2.12. The molecule has 2 rings (SSSR count). The van der Waals surface area contributed by atoms with Gasteiger partial charge in [-0.1, -0.05) is 13.0 Å². The Kier molecular flexibility index (Phi) is 3.42. The van der Waals surface area contributed by atoms with Gasteiger partial charge in [-0.2, -0.15) is 0 Å². The van der Waals surface area contributed by atoms with Crippen molar-refractivity contribution in [1.29, 1.82) is 0 Å². The van der Waals surface area contributed by atoms with E-state index in [2.05, 4.69) is 0 Å². The second-order valence-electron chi connectivity index (χ2n) is 4.75. The molecule has 1 saturated heterocycles. The van der Waals surface area contributed by atoms with E-state index in [0.29, 0.717) is 13.0 Å². The monoisotopic (exact) mass is 266 g/mol. The lowest BCUT2D eigenvalue weighted by Gasteiger charge is -2.24. The van der Waals surface area contributed by atoms with E-state index in [-0.39, 0.29) is 17.2 Å². The van der Waals surface area contributed by atoms with E-state index in [1.807, 2.05) is 0 Å². The van der Waals surface area contributed by atoms with E-state index in [1.165, 1.54) is 17.0 Å². The Morgan fingerprint density at radius 2 is 2.16 bits per heavy atom. The first-order valence-corrected chi connectivity index (χ1v) is 6.01. The molecule has 1 amide bonds. The topological polar surface area (TPSA) is 83.6 Å². The number of hydrogen-bond donors (Lipinski definition) is 2. The highest BCUT2D eigenvalue weighted by Gasteiger charge is 2.40. The number of carboxylic acid groups (broad SMARTS) is 1. The number of hydrogen-bond acceptors (Lipinski definition) is 3. The van der Waals surface area contributed by atoms with Crippen molar-refractivity contribution in [3.63, 3.8) is 0 Å². The molecule has 1 fully saturated rings. The molecule has 1 aliphatic rings. The summed E-state index contributed by atoms with van der Waals surface area (Å²) in [5.74, 6) is -2.39. The standard InChI is InChI=1S/C13H15FN2O3/c1-7-5-6-16(11(7)13(18)19)12(17)8-3-2-4-9(14)10(8)15/h2-4,7,11H,5-6,15H2,1H3,(H,18,19). The first kappa shape index (κ1) is 13.3. The van der Waals surface area contributed by atoms with Gasteiger partial charge in [-0.25, -0.2) is 9.18 Å². The van der Waals surface area contributed by atoms with Crippen LogP contribution < -0.4 is 5.73 Å². The number of benzene rings is 1. The van der Waals surface area contributed by atoms with Crippen LogP contribution in [0, 0.1) is 11.7 Å². The second kappa shape index (κ2) is 4.87. The zero-order chi connectivity index (χ0) is 14.2. The highest BCUT2D eigenvalue weighted by Crippen LogP contribution is 2.27. The predicted molar refractivity (Wildman–Crippen MR) is 67.1 cm³/mol. The summed E-state index contributed by atoms with van der Waals surface area (Å²) in [5, 5.41) is 9.17. The minimum absolute atomic E-state index is 0.0142. The molecule has 2 atom stereocenters. The van der Waals surface area contributed by atoms with Crippen molar-refractivity contribution in [2.75, 3.05) is 12.3 Å². The van der Waals surface area contributed by atoms with Crippen LogP contribution in [-0.4, -0.2) is 34.5 Å². The largest absolute Gasteiger partial charge is 0.480 e. The van der Waals surface area contributed by atoms with Crippen LogP contribution in [0.4, 0.5) is 10.1 Å². The highest BCUT2D eigenvalue weighted by atomic mass is 19.1. The first-order chi connectivity index (χ1) is 8.93. The van der Waals surface area contributed by atoms with Crippen LogP contribution in [0.15, 0.2) is 18.2 Å². The Morgan fingerprint density at radius 1 is 1.47 bits per heavy atom. The number of nitrogens with two attached hydrogens (primary N) is 1. The quantitative estimate of drug-likeness (QED) is 0.791. The number of nitrogens with zero attached hydrogens (tertiary/aromatic N) is 1. The Bertz CT molecular complexity index is 533. The van der Waals surface area contributed by atoms with Gasteiger partial charge in [-0.15, -0.1) is 0 Å². The fraction of sp³-hybridized carbons (Fsp3) is 0.385. The van der Waals surface area contributed by atoms with Gasteiger partial charge in [0.05, 0.1) is 11.3 Å². The van der Waals surface area contributed by atoms with Gasteiger partial charge in [0.1, 0.15) is 11.9 Å². The van der Waals surface area contributed by atoms with Gasteiger partial charge in [-0.3, -0.25) is 4.79 Å². The van der Waals surface area contributed by atoms with Crippen molar-refractivity contribution in [2.45, 2.75) is 19.4 Å². The maximum atomic E-state index is 13.3. The van der Waals surface area contributed by atoms with Crippen LogP contribution in [0.2, 0.25) is 0 Å². The van der Waals surface area contributed by atoms with Gasteiger partial charge >= 0.3 is 5.97 Å². The molecular formula is C13H15FN2O3. The molecule has 6 heteroatoms. The maximum Gasteiger partial charge on any atom is 0.326 e. The number of carbonyl (C=O) groups excluding carboxylic acids is 1. The van der Waals surface area contributed by atoms with Gasteiger partial charge in [0.25, 0.3) is 5.91 Å². The minimum atomic E-state index is -1.05. The molecule has 1 aliphatic heterocycles. The zero-order valence-electron chi connectivity index (χ0n) is 10.5. The fourth-order valence-corrected chi connectivity index (χ4v) is 2.43. The lowest BCUT2D eigenvalue weighted by Crippen LogP contribution is -2.43. The third-order valence-corrected chi connectivity index (χ3v) is 3.50. The summed E-state index contributed by atoms with van der Waals surface area (Å²) in [6, 6.07) is 3.07. The lowest BCUT2D eigenvalue weighted by molar-refractivity contribution is -0.142. The van der Waals surface area contributed by atoms with Crippen molar-refractivity contribution >= 4 is 17.6 Å². The summed E-state index contributed by atoms with van der Waals surface area (Å²) in [7, 11) is 0. The number of rotatable bonds is 2. The van der Waals surface area contributed by atoms with E-state index in [1.54, 1.807) is 6.92 Å². The van der Waals surface area contributed by atoms with E-state index in [4.69, 9.17) is 5.73 Å². The van der Waals surface area contributed by atoms with Crippen LogP contribution in [0.3, 0.4) is 0 Å². The predicted octanol–water partition coefficient (Wildman–Crippen LogP) is 1.34. The highest BCUT2D eigenvalue weighted by molar-refractivity contribution is 6.01. The molecule has 0 radical (unpaired) electrons. The van der Waals surface area contributed by atoms with E-state index >= 15 is 0 Å². The average Bonchev–Trinajstić information content (AvgIpc) is 2.74. The zero-order valence-corrected chi connectivity index (χ0v) is 10.5. The van der Waals surface area contributed by atoms with Gasteiger partial charge in [-0.05, 0) is 24.5 Å². The molecule has 0 aliphatic carbocycles. The number of likely N-dealkylation sites (tertiary alicyclic amines) is 1. The van der Waals surface area contributed by atoms with E-state index in [9.17, 15) is 19.1 Å². The third-order valence-electron chi connectivity index (χ3n) is 3.50. The number of carbonyl (C=O) groups is 2. The number of nitrogen functional groups attached to an aromatic ring is 1. The molecule has 1 heterocycles. The van der Waals surface area contributed by atoms with Crippen LogP contribution >= 0.6 is 0 Å². The number of carboxylic acids is 1. The molecule has 0 aromatic heterocycles. The van der Waals surface area contributed by atoms with Crippen LogP contribution in [0.25, 0.3) is 0 Å². The molecule has 1 aromatic carbocycles. The Hall–Kier alpha value is -2.11. The Morgan fingerprint density at radius 3 is 2.79 bits per heavy atom. The van der Waals surface area contributed by atoms with E-state index in [0.717, 1.165) is 6.07 Å². The second-order valence-corrected chi connectivity index (χ2v) is 4.75. The molecule has 0 saturated carbocycles. The average molecular weight is 266 g/mol. The van der Waals surface area contributed by atoms with Crippen molar-refractivity contribution < 1.29 is 19.1 Å². The fourth-order valence-electron chi connectivity index (χ4n) is 2.43. The Labute approximate surface area is 109 Å². The molecule has 1 aromatic rings. The number of amides is 1. The molecule has 0 bridgehead atoms. The van der Waals surface area contributed by atoms with Gasteiger partial charge < -0.3 is 15.7 Å². The number of halogens is 1. The smallest absolute Gasteiger partial charge is 0.326 e. The number of aliphatic carboxylic acids is 1. The first-order valence-electron chi connectivity index (χ1n) is 6.01. The minimum Gasteiger partial charge on any atom is -0.480 e. The summed E-state index contributed by atoms with van der Waals surface area (Å²) in [6.07, 6.45) is 0.609. The SMILES string of the molecule is CC1CCN(C(=O)c2cccc(F)c2N)C1C(=O)O. The van der Waals surface area contributed by atoms with Crippen LogP contribution in [0.5, 0.6) is 0 Å². The summed E-state index contributed by atoms with van der Waals surface area (Å²) < 4.78 is 13.3. The molecule has 0 spiro atoms. The van der Waals surface area contributed by atoms with Crippen molar-refractivity contribution in [2.24, 2.45) is 5.92 Å². The summed E-state index contributed by atoms with van der Waals surface area (Å²) >= 11 is 0. The molecular weight excluding hydrogens is 251 g/mol. The van der Waals surface area contributed by atoms with Gasteiger partial charge in [0, 0.05) is 6.54 Å². The molecule has 5 nitrogen and oxygen atoms in total. The maximum absolute atomic E-state index is 13.3. The number of anilines is 1. The number of para-hydroxylation sites is 1. The normalized spacial score (nSPS) is 22.5. The third kappa shape index (κ3) is 2.25. The van der Waals surface area contributed by atoms with E-state index < -0.39 is 23.7 Å². The Balaban J connectivity index is 2.34. The van der Waals surface area contributed by atoms with Gasteiger partial charge in [0.15, 0.2) is 0 Å². The summed E-state index contributed by atoms with van der Waals surface area (Å²) in [4.78, 5) is 24.8. The molecule has 3 N–H and O–H groups in total. The van der Waals surface area contributed by atoms with Crippen molar-refractivity contribution in [3.05, 3.63) is 29.6 Å². The van der Waals surface area contributed by atoms with Crippen LogP contribution in [-0.2, 0) is 4.79 Å². The molecule has 102 valence electrons. The summed E-state index contributed by atoms with van der Waals surface area (Å²) in [5.41, 5.74) is 5.31. The lowest BCUT2D eigenvalue weighted by atomic mass is 10.0.